The van der Waals surface area contributed by atoms with E-state index in [1.165, 1.54) is 17.4 Å². The van der Waals surface area contributed by atoms with Gasteiger partial charge < -0.3 is 15.9 Å². The number of hydrogen-bond donors (Lipinski definition) is 2. The van der Waals surface area contributed by atoms with Crippen molar-refractivity contribution in [2.45, 2.75) is 6.04 Å². The average molecular weight is 382 g/mol. The highest BCUT2D eigenvalue weighted by molar-refractivity contribution is 7.20. The number of nitrogens with two attached hydrogens (primary N) is 1. The Morgan fingerprint density at radius 1 is 1.19 bits per heavy atom. The summed E-state index contributed by atoms with van der Waals surface area (Å²) < 4.78 is 13.9. The number of carbonyl (C=O) groups is 1. The second kappa shape index (κ2) is 7.08. The first kappa shape index (κ1) is 17.0. The van der Waals surface area contributed by atoms with Crippen LogP contribution in [0.15, 0.2) is 66.4 Å². The molecule has 0 spiro atoms. The molecular weight excluding hydrogens is 367 g/mol. The largest absolute Gasteiger partial charge is 0.381 e. The minimum atomic E-state index is -0.391. The number of halogens is 1. The van der Waals surface area contributed by atoms with Gasteiger partial charge in [0.15, 0.2) is 28.0 Å². The van der Waals surface area contributed by atoms with Crippen LogP contribution in [0.25, 0.3) is 0 Å². The number of hydroxylamine groups is 1. The molecule has 3 N–H and O–H groups in total. The maximum Gasteiger partial charge on any atom is 0.193 e. The fourth-order valence-corrected chi connectivity index (χ4v) is 3.63. The van der Waals surface area contributed by atoms with Gasteiger partial charge in [0, 0.05) is 0 Å². The Morgan fingerprint density at radius 3 is 2.67 bits per heavy atom. The number of hydrogen-bond acceptors (Lipinski definition) is 7. The van der Waals surface area contributed by atoms with Gasteiger partial charge in [0.1, 0.15) is 11.9 Å². The van der Waals surface area contributed by atoms with E-state index < -0.39 is 5.82 Å². The number of nitrogens with zero attached hydrogens (tertiary/aromatic N) is 2. The molecule has 136 valence electrons. The molecular formula is C19H15FN4O2S. The first-order valence-corrected chi connectivity index (χ1v) is 8.94. The van der Waals surface area contributed by atoms with Gasteiger partial charge >= 0.3 is 0 Å². The van der Waals surface area contributed by atoms with E-state index in [2.05, 4.69) is 10.3 Å². The Kier molecular flexibility index (Phi) is 4.47. The van der Waals surface area contributed by atoms with Gasteiger partial charge in [-0.2, -0.15) is 5.06 Å². The van der Waals surface area contributed by atoms with Crippen LogP contribution in [-0.2, 0) is 9.63 Å². The van der Waals surface area contributed by atoms with Gasteiger partial charge in [0.25, 0.3) is 0 Å². The van der Waals surface area contributed by atoms with Crippen LogP contribution in [0.2, 0.25) is 0 Å². The van der Waals surface area contributed by atoms with E-state index in [4.69, 9.17) is 10.6 Å². The van der Waals surface area contributed by atoms with Gasteiger partial charge in [0.05, 0.1) is 5.69 Å². The van der Waals surface area contributed by atoms with Crippen LogP contribution in [0.5, 0.6) is 0 Å². The van der Waals surface area contributed by atoms with Crippen LogP contribution < -0.4 is 16.1 Å². The number of carbonyl (C=O) groups excluding carboxylic acids is 1. The number of allylic oxidation sites excluding steroid dienone is 1. The summed E-state index contributed by atoms with van der Waals surface area (Å²) >= 11 is 1.21. The van der Waals surface area contributed by atoms with E-state index in [1.54, 1.807) is 29.3 Å². The summed E-state index contributed by atoms with van der Waals surface area (Å²) in [5.74, 6) is 0.0258. The summed E-state index contributed by atoms with van der Waals surface area (Å²) in [5, 5.41) is 5.40. The van der Waals surface area contributed by atoms with Crippen molar-refractivity contribution in [2.75, 3.05) is 16.1 Å². The number of para-hydroxylation sites is 1. The van der Waals surface area contributed by atoms with E-state index in [1.807, 2.05) is 30.3 Å². The van der Waals surface area contributed by atoms with Crippen LogP contribution in [0.1, 0.15) is 11.6 Å². The van der Waals surface area contributed by atoms with E-state index in [0.717, 1.165) is 5.56 Å². The van der Waals surface area contributed by atoms with Gasteiger partial charge in [-0.1, -0.05) is 53.8 Å². The van der Waals surface area contributed by atoms with Crippen LogP contribution in [0.3, 0.4) is 0 Å². The molecule has 0 fully saturated rings. The molecule has 0 amide bonds. The highest BCUT2D eigenvalue weighted by Gasteiger charge is 2.32. The Bertz CT molecular complexity index is 1010. The van der Waals surface area contributed by atoms with Crippen molar-refractivity contribution in [1.29, 1.82) is 0 Å². The molecule has 1 aromatic heterocycles. The monoisotopic (exact) mass is 382 g/mol. The van der Waals surface area contributed by atoms with Crippen molar-refractivity contribution in [3.63, 3.8) is 0 Å². The molecule has 1 aliphatic heterocycles. The fourth-order valence-electron chi connectivity index (χ4n) is 2.75. The van der Waals surface area contributed by atoms with E-state index >= 15 is 0 Å². The molecule has 0 bridgehead atoms. The molecule has 1 atom stereocenters. The predicted octanol–water partition coefficient (Wildman–Crippen LogP) is 4.18. The number of rotatable bonds is 5. The summed E-state index contributed by atoms with van der Waals surface area (Å²) in [5.41, 5.74) is 7.31. The summed E-state index contributed by atoms with van der Waals surface area (Å²) in [6.45, 7) is 0. The zero-order valence-electron chi connectivity index (χ0n) is 14.0. The third-order valence-electron chi connectivity index (χ3n) is 3.99. The van der Waals surface area contributed by atoms with E-state index in [-0.39, 0.29) is 17.6 Å². The molecule has 6 nitrogen and oxygen atoms in total. The highest BCUT2D eigenvalue weighted by atomic mass is 32.1. The van der Waals surface area contributed by atoms with Crippen LogP contribution in [-0.4, -0.2) is 11.3 Å². The normalized spacial score (nSPS) is 16.0. The van der Waals surface area contributed by atoms with E-state index in [9.17, 15) is 9.18 Å². The Hall–Kier alpha value is -3.39. The van der Waals surface area contributed by atoms with Gasteiger partial charge in [-0.25, -0.2) is 9.37 Å². The summed E-state index contributed by atoms with van der Waals surface area (Å²) in [7, 11) is 0. The predicted molar refractivity (Wildman–Crippen MR) is 103 cm³/mol. The quantitative estimate of drug-likeness (QED) is 0.644. The van der Waals surface area contributed by atoms with Crippen molar-refractivity contribution >= 4 is 39.3 Å². The summed E-state index contributed by atoms with van der Waals surface area (Å²) in [6, 6.07) is 15.6. The summed E-state index contributed by atoms with van der Waals surface area (Å²) in [6.07, 6.45) is 2.36. The minimum absolute atomic E-state index is 0.195. The molecule has 1 unspecified atom stereocenters. The maximum atomic E-state index is 13.9. The lowest BCUT2D eigenvalue weighted by Crippen LogP contribution is -2.22. The van der Waals surface area contributed by atoms with E-state index in [0.29, 0.717) is 22.1 Å². The number of anilines is 4. The Balaban J connectivity index is 1.65. The van der Waals surface area contributed by atoms with Crippen molar-refractivity contribution < 1.29 is 14.0 Å². The lowest BCUT2D eigenvalue weighted by Gasteiger charge is -2.23. The van der Waals surface area contributed by atoms with Gasteiger partial charge in [-0.3, -0.25) is 4.79 Å². The van der Waals surface area contributed by atoms with Crippen molar-refractivity contribution in [3.8, 4) is 0 Å². The molecule has 0 radical (unpaired) electrons. The maximum absolute atomic E-state index is 13.9. The average Bonchev–Trinajstić information content (AvgIpc) is 3.27. The third kappa shape index (κ3) is 3.34. The van der Waals surface area contributed by atoms with Crippen molar-refractivity contribution in [1.82, 2.24) is 4.98 Å². The first-order chi connectivity index (χ1) is 13.2. The Morgan fingerprint density at radius 2 is 1.93 bits per heavy atom. The molecule has 4 rings (SSSR count). The SMILES string of the molecule is Nc1nc(Nc2ccccc2F)sc1N1OC(C=O)=CC1c1ccccc1. The lowest BCUT2D eigenvalue weighted by molar-refractivity contribution is -0.107. The zero-order chi connectivity index (χ0) is 18.8. The molecule has 0 saturated carbocycles. The molecule has 27 heavy (non-hydrogen) atoms. The standard InChI is InChI=1S/C19H15FN4O2S/c20-14-8-4-5-9-15(14)22-19-23-17(21)18(27-19)24-16(10-13(11-25)26-24)12-6-2-1-3-7-12/h1-11,16H,21H2,(H,22,23). The Labute approximate surface area is 158 Å². The zero-order valence-corrected chi connectivity index (χ0v) is 14.8. The molecule has 0 saturated heterocycles. The number of aldehydes is 1. The second-order valence-corrected chi connectivity index (χ2v) is 6.75. The first-order valence-electron chi connectivity index (χ1n) is 8.12. The summed E-state index contributed by atoms with van der Waals surface area (Å²) in [4.78, 5) is 21.1. The third-order valence-corrected chi connectivity index (χ3v) is 4.96. The number of thiazole rings is 1. The van der Waals surface area contributed by atoms with Crippen LogP contribution >= 0.6 is 11.3 Å². The van der Waals surface area contributed by atoms with Gasteiger partial charge in [-0.15, -0.1) is 0 Å². The van der Waals surface area contributed by atoms with Crippen molar-refractivity contribution in [2.24, 2.45) is 0 Å². The minimum Gasteiger partial charge on any atom is -0.381 e. The van der Waals surface area contributed by atoms with Gasteiger partial charge in [0.2, 0.25) is 0 Å². The molecule has 1 aliphatic rings. The van der Waals surface area contributed by atoms with Gasteiger partial charge in [-0.05, 0) is 23.8 Å². The lowest BCUT2D eigenvalue weighted by atomic mass is 10.1. The van der Waals surface area contributed by atoms with Crippen LogP contribution in [0, 0.1) is 5.82 Å². The molecule has 2 heterocycles. The highest BCUT2D eigenvalue weighted by Crippen LogP contribution is 2.43. The smallest absolute Gasteiger partial charge is 0.193 e. The molecule has 8 heteroatoms. The number of nitrogen functional groups attached to an aromatic ring is 1. The molecule has 2 aromatic carbocycles. The molecule has 3 aromatic rings. The number of nitrogens with one attached hydrogen (secondary N) is 1. The van der Waals surface area contributed by atoms with Crippen molar-refractivity contribution in [3.05, 3.63) is 77.8 Å². The number of aromatic nitrogens is 1. The topological polar surface area (TPSA) is 80.5 Å². The van der Waals surface area contributed by atoms with Crippen LogP contribution in [0.4, 0.5) is 26.0 Å². The molecule has 0 aliphatic carbocycles. The fraction of sp³-hybridized carbons (Fsp3) is 0.0526. The second-order valence-electron chi connectivity index (χ2n) is 5.77. The number of benzene rings is 2.